The molecule has 0 saturated carbocycles. The molecule has 0 spiro atoms. The summed E-state index contributed by atoms with van der Waals surface area (Å²) in [5.74, 6) is 0.0190. The molecule has 0 atom stereocenters. The summed E-state index contributed by atoms with van der Waals surface area (Å²) in [4.78, 5) is 18.0. The Morgan fingerprint density at radius 3 is 2.78 bits per heavy atom. The zero-order valence-electron chi connectivity index (χ0n) is 15.4. The lowest BCUT2D eigenvalue weighted by Gasteiger charge is -2.09. The average Bonchev–Trinajstić information content (AvgIpc) is 3.25. The zero-order valence-corrected chi connectivity index (χ0v) is 16.2. The van der Waals surface area contributed by atoms with Crippen molar-refractivity contribution in [1.29, 1.82) is 0 Å². The van der Waals surface area contributed by atoms with Gasteiger partial charge in [0.15, 0.2) is 4.96 Å². The summed E-state index contributed by atoms with van der Waals surface area (Å²) in [6.45, 7) is 4.69. The van der Waals surface area contributed by atoms with Crippen LogP contribution in [0.1, 0.15) is 22.4 Å². The van der Waals surface area contributed by atoms with E-state index in [1.807, 2.05) is 46.3 Å². The molecular formula is C22H21N3OS. The highest BCUT2D eigenvalue weighted by atomic mass is 32.1. The predicted octanol–water partition coefficient (Wildman–Crippen LogP) is 4.54. The summed E-state index contributed by atoms with van der Waals surface area (Å²) in [6.07, 6.45) is 2.35. The zero-order chi connectivity index (χ0) is 18.8. The van der Waals surface area contributed by atoms with E-state index in [1.165, 1.54) is 11.1 Å². The second-order valence-corrected chi connectivity index (χ2v) is 7.59. The van der Waals surface area contributed by atoms with Crippen LogP contribution in [-0.2, 0) is 17.8 Å². The second kappa shape index (κ2) is 7.37. The van der Waals surface area contributed by atoms with Crippen molar-refractivity contribution in [2.45, 2.75) is 26.8 Å². The van der Waals surface area contributed by atoms with Gasteiger partial charge in [0, 0.05) is 29.4 Å². The minimum absolute atomic E-state index is 0.0190. The molecule has 2 aromatic carbocycles. The number of thiazole rings is 1. The highest BCUT2D eigenvalue weighted by Gasteiger charge is 2.12. The lowest BCUT2D eigenvalue weighted by molar-refractivity contribution is -0.120. The van der Waals surface area contributed by atoms with Crippen LogP contribution in [0.2, 0.25) is 0 Å². The van der Waals surface area contributed by atoms with E-state index in [9.17, 15) is 4.79 Å². The molecule has 0 aliphatic rings. The van der Waals surface area contributed by atoms with Gasteiger partial charge < -0.3 is 5.32 Å². The fraction of sp³-hybridized carbons (Fsp3) is 0.182. The van der Waals surface area contributed by atoms with Crippen LogP contribution in [0.25, 0.3) is 16.2 Å². The van der Waals surface area contributed by atoms with Crippen LogP contribution >= 0.6 is 11.3 Å². The lowest BCUT2D eigenvalue weighted by Crippen LogP contribution is -2.25. The third-order valence-corrected chi connectivity index (χ3v) is 5.56. The molecular weight excluding hydrogens is 354 g/mol. The number of aryl methyl sites for hydroxylation is 2. The van der Waals surface area contributed by atoms with Crippen molar-refractivity contribution in [1.82, 2.24) is 14.7 Å². The topological polar surface area (TPSA) is 46.4 Å². The molecule has 4 aromatic rings. The normalized spacial score (nSPS) is 11.0. The molecule has 4 nitrogen and oxygen atoms in total. The van der Waals surface area contributed by atoms with E-state index in [4.69, 9.17) is 0 Å². The summed E-state index contributed by atoms with van der Waals surface area (Å²) in [5.41, 5.74) is 6.53. The Bertz CT molecular complexity index is 1100. The van der Waals surface area contributed by atoms with Crippen LogP contribution in [0.15, 0.2) is 60.1 Å². The van der Waals surface area contributed by atoms with E-state index in [0.717, 1.165) is 27.5 Å². The van der Waals surface area contributed by atoms with Gasteiger partial charge in [0.1, 0.15) is 0 Å². The molecule has 0 aliphatic heterocycles. The van der Waals surface area contributed by atoms with Crippen molar-refractivity contribution in [2.75, 3.05) is 0 Å². The van der Waals surface area contributed by atoms with Crippen molar-refractivity contribution in [3.8, 4) is 11.3 Å². The number of fused-ring (bicyclic) bond motifs is 1. The van der Waals surface area contributed by atoms with E-state index >= 15 is 0 Å². The van der Waals surface area contributed by atoms with Crippen molar-refractivity contribution < 1.29 is 4.79 Å². The molecule has 2 heterocycles. The quantitative estimate of drug-likeness (QED) is 0.557. The number of benzene rings is 2. The molecule has 1 amide bonds. The van der Waals surface area contributed by atoms with E-state index in [0.29, 0.717) is 13.0 Å². The van der Waals surface area contributed by atoms with E-state index in [1.54, 1.807) is 11.3 Å². The maximum absolute atomic E-state index is 12.5. The van der Waals surface area contributed by atoms with Crippen molar-refractivity contribution >= 4 is 22.2 Å². The molecule has 0 saturated heterocycles. The second-order valence-electron chi connectivity index (χ2n) is 6.76. The monoisotopic (exact) mass is 375 g/mol. The molecule has 1 N–H and O–H groups in total. The number of rotatable bonds is 5. The number of carbonyl (C=O) groups is 1. The van der Waals surface area contributed by atoms with Crippen LogP contribution in [-0.4, -0.2) is 15.3 Å². The van der Waals surface area contributed by atoms with E-state index in [-0.39, 0.29) is 5.91 Å². The number of nitrogens with zero attached hydrogens (tertiary/aromatic N) is 2. The molecule has 0 unspecified atom stereocenters. The molecule has 2 aromatic heterocycles. The molecule has 0 radical (unpaired) electrons. The summed E-state index contributed by atoms with van der Waals surface area (Å²) in [6, 6.07) is 16.4. The number of hydrogen-bond donors (Lipinski definition) is 1. The first-order valence-electron chi connectivity index (χ1n) is 8.94. The Morgan fingerprint density at radius 2 is 1.96 bits per heavy atom. The minimum atomic E-state index is 0.0190. The van der Waals surface area contributed by atoms with Gasteiger partial charge in [-0.25, -0.2) is 4.98 Å². The van der Waals surface area contributed by atoms with Gasteiger partial charge >= 0.3 is 0 Å². The summed E-state index contributed by atoms with van der Waals surface area (Å²) in [7, 11) is 0. The maximum atomic E-state index is 12.5. The van der Waals surface area contributed by atoms with Gasteiger partial charge in [-0.1, -0.05) is 54.1 Å². The number of aromatic nitrogens is 2. The van der Waals surface area contributed by atoms with Crippen LogP contribution in [0.3, 0.4) is 0 Å². The standard InChI is InChI=1S/C22H21N3OS/c1-15-8-9-16(2)18(10-15)12-23-21(26)11-19-14-27-22-24-20(13-25(19)22)17-6-4-3-5-7-17/h3-10,13-14H,11-12H2,1-2H3,(H,23,26). The fourth-order valence-electron chi connectivity index (χ4n) is 3.12. The Hall–Kier alpha value is -2.92. The molecule has 136 valence electrons. The smallest absolute Gasteiger partial charge is 0.226 e. The molecule has 0 aliphatic carbocycles. The predicted molar refractivity (Wildman–Crippen MR) is 110 cm³/mol. The Labute approximate surface area is 162 Å². The van der Waals surface area contributed by atoms with Crippen molar-refractivity contribution in [2.24, 2.45) is 0 Å². The summed E-state index contributed by atoms with van der Waals surface area (Å²) in [5, 5.41) is 5.05. The largest absolute Gasteiger partial charge is 0.352 e. The number of carbonyl (C=O) groups excluding carboxylic acids is 1. The number of amides is 1. The highest BCUT2D eigenvalue weighted by molar-refractivity contribution is 7.15. The van der Waals surface area contributed by atoms with Crippen LogP contribution in [0.4, 0.5) is 0 Å². The Balaban J connectivity index is 1.47. The maximum Gasteiger partial charge on any atom is 0.226 e. The van der Waals surface area contributed by atoms with Crippen LogP contribution in [0, 0.1) is 13.8 Å². The van der Waals surface area contributed by atoms with Gasteiger partial charge in [-0.3, -0.25) is 9.20 Å². The van der Waals surface area contributed by atoms with Gasteiger partial charge in [0.2, 0.25) is 5.91 Å². The molecule has 0 fully saturated rings. The molecule has 4 rings (SSSR count). The number of nitrogens with one attached hydrogen (secondary N) is 1. The SMILES string of the molecule is Cc1ccc(C)c(CNC(=O)Cc2csc3nc(-c4ccccc4)cn23)c1. The van der Waals surface area contributed by atoms with Gasteiger partial charge in [-0.05, 0) is 25.0 Å². The summed E-state index contributed by atoms with van der Waals surface area (Å²) < 4.78 is 2.02. The Kier molecular flexibility index (Phi) is 4.77. The Morgan fingerprint density at radius 1 is 1.15 bits per heavy atom. The fourth-order valence-corrected chi connectivity index (χ4v) is 3.99. The first-order chi connectivity index (χ1) is 13.1. The average molecular weight is 375 g/mol. The van der Waals surface area contributed by atoms with E-state index < -0.39 is 0 Å². The summed E-state index contributed by atoms with van der Waals surface area (Å²) >= 11 is 1.56. The minimum Gasteiger partial charge on any atom is -0.352 e. The molecule has 27 heavy (non-hydrogen) atoms. The lowest BCUT2D eigenvalue weighted by atomic mass is 10.1. The van der Waals surface area contributed by atoms with Crippen LogP contribution < -0.4 is 5.32 Å². The third-order valence-electron chi connectivity index (χ3n) is 4.68. The van der Waals surface area contributed by atoms with Gasteiger partial charge in [0.05, 0.1) is 12.1 Å². The van der Waals surface area contributed by atoms with Gasteiger partial charge in [-0.2, -0.15) is 0 Å². The number of imidazole rings is 1. The molecule has 5 heteroatoms. The van der Waals surface area contributed by atoms with Crippen molar-refractivity contribution in [3.05, 3.63) is 82.5 Å². The van der Waals surface area contributed by atoms with Crippen molar-refractivity contribution in [3.63, 3.8) is 0 Å². The number of hydrogen-bond acceptors (Lipinski definition) is 3. The highest BCUT2D eigenvalue weighted by Crippen LogP contribution is 2.23. The first kappa shape index (κ1) is 17.5. The first-order valence-corrected chi connectivity index (χ1v) is 9.82. The molecule has 0 bridgehead atoms. The third kappa shape index (κ3) is 3.78. The van der Waals surface area contributed by atoms with E-state index in [2.05, 4.69) is 42.3 Å². The van der Waals surface area contributed by atoms with Gasteiger partial charge in [0.25, 0.3) is 0 Å². The van der Waals surface area contributed by atoms with Gasteiger partial charge in [-0.15, -0.1) is 11.3 Å². The van der Waals surface area contributed by atoms with Crippen LogP contribution in [0.5, 0.6) is 0 Å².